The zero-order valence-electron chi connectivity index (χ0n) is 18.3. The quantitative estimate of drug-likeness (QED) is 0.536. The van der Waals surface area contributed by atoms with Crippen LogP contribution in [0.2, 0.25) is 5.02 Å². The largest absolute Gasteiger partial charge is 0.354 e. The third-order valence-corrected chi connectivity index (χ3v) is 5.51. The molecule has 1 atom stereocenters. The maximum absolute atomic E-state index is 13.2. The molecule has 0 fully saturated rings. The van der Waals surface area contributed by atoms with Crippen LogP contribution >= 0.6 is 11.6 Å². The van der Waals surface area contributed by atoms with Crippen LogP contribution < -0.4 is 5.32 Å². The van der Waals surface area contributed by atoms with Crippen molar-refractivity contribution in [3.05, 3.63) is 70.2 Å². The van der Waals surface area contributed by atoms with Crippen molar-refractivity contribution in [2.24, 2.45) is 0 Å². The number of amides is 2. The van der Waals surface area contributed by atoms with Gasteiger partial charge in [0.25, 0.3) is 0 Å². The summed E-state index contributed by atoms with van der Waals surface area (Å²) in [6, 6.07) is 15.3. The average molecular weight is 429 g/mol. The third-order valence-electron chi connectivity index (χ3n) is 5.26. The molecule has 0 bridgehead atoms. The van der Waals surface area contributed by atoms with Crippen LogP contribution in [0, 0.1) is 0 Å². The number of nitrogens with zero attached hydrogens (tertiary/aromatic N) is 1. The number of rotatable bonds is 11. The predicted molar refractivity (Wildman–Crippen MR) is 124 cm³/mol. The van der Waals surface area contributed by atoms with Gasteiger partial charge in [0.05, 0.1) is 0 Å². The zero-order chi connectivity index (χ0) is 21.9. The summed E-state index contributed by atoms with van der Waals surface area (Å²) >= 11 is 6.00. The molecule has 0 radical (unpaired) electrons. The number of benzene rings is 2. The summed E-state index contributed by atoms with van der Waals surface area (Å²) in [4.78, 5) is 27.7. The van der Waals surface area contributed by atoms with Gasteiger partial charge >= 0.3 is 0 Å². The van der Waals surface area contributed by atoms with Gasteiger partial charge in [-0.15, -0.1) is 0 Å². The van der Waals surface area contributed by atoms with Gasteiger partial charge in [-0.2, -0.15) is 0 Å². The van der Waals surface area contributed by atoms with E-state index in [0.717, 1.165) is 24.0 Å². The van der Waals surface area contributed by atoms with Crippen LogP contribution in [0.1, 0.15) is 56.7 Å². The molecule has 30 heavy (non-hydrogen) atoms. The highest BCUT2D eigenvalue weighted by atomic mass is 35.5. The molecular formula is C25H33ClN2O2. The van der Waals surface area contributed by atoms with Crippen molar-refractivity contribution in [1.82, 2.24) is 10.2 Å². The monoisotopic (exact) mass is 428 g/mol. The number of aryl methyl sites for hydroxylation is 2. The number of carbonyl (C=O) groups is 2. The van der Waals surface area contributed by atoms with Crippen LogP contribution in [-0.2, 0) is 29.0 Å². The summed E-state index contributed by atoms with van der Waals surface area (Å²) in [6.07, 6.45) is 3.46. The molecule has 0 aliphatic rings. The summed E-state index contributed by atoms with van der Waals surface area (Å²) in [5, 5.41) is 3.60. The van der Waals surface area contributed by atoms with Crippen molar-refractivity contribution in [1.29, 1.82) is 0 Å². The third kappa shape index (κ3) is 7.17. The van der Waals surface area contributed by atoms with Gasteiger partial charge in [-0.05, 0) is 54.5 Å². The van der Waals surface area contributed by atoms with E-state index in [1.54, 1.807) is 4.90 Å². The van der Waals surface area contributed by atoms with Crippen molar-refractivity contribution in [2.75, 3.05) is 6.54 Å². The van der Waals surface area contributed by atoms with Gasteiger partial charge in [0.2, 0.25) is 11.8 Å². The molecule has 0 aliphatic heterocycles. The second kappa shape index (κ2) is 12.4. The highest BCUT2D eigenvalue weighted by molar-refractivity contribution is 6.30. The van der Waals surface area contributed by atoms with Crippen molar-refractivity contribution < 1.29 is 9.59 Å². The van der Waals surface area contributed by atoms with Crippen molar-refractivity contribution in [2.45, 2.75) is 65.5 Å². The Morgan fingerprint density at radius 1 is 0.933 bits per heavy atom. The number of nitrogens with one attached hydrogen (secondary N) is 1. The van der Waals surface area contributed by atoms with E-state index in [1.807, 2.05) is 38.1 Å². The smallest absolute Gasteiger partial charge is 0.242 e. The molecule has 2 rings (SSSR count). The van der Waals surface area contributed by atoms with Crippen LogP contribution in [0.5, 0.6) is 0 Å². The highest BCUT2D eigenvalue weighted by Gasteiger charge is 2.28. The Labute approximate surface area is 185 Å². The Kier molecular flexibility index (Phi) is 9.88. The molecule has 162 valence electrons. The lowest BCUT2D eigenvalue weighted by atomic mass is 10.0. The van der Waals surface area contributed by atoms with Gasteiger partial charge in [0, 0.05) is 24.5 Å². The highest BCUT2D eigenvalue weighted by Crippen LogP contribution is 2.17. The fourth-order valence-corrected chi connectivity index (χ4v) is 3.53. The van der Waals surface area contributed by atoms with Gasteiger partial charge in [0.1, 0.15) is 6.04 Å². The van der Waals surface area contributed by atoms with Crippen molar-refractivity contribution in [3.63, 3.8) is 0 Å². The molecule has 2 aromatic rings. The minimum atomic E-state index is -0.484. The number of hydrogen-bond donors (Lipinski definition) is 1. The normalized spacial score (nSPS) is 11.7. The van der Waals surface area contributed by atoms with E-state index in [0.29, 0.717) is 37.4 Å². The molecule has 0 spiro atoms. The van der Waals surface area contributed by atoms with Gasteiger partial charge in [0.15, 0.2) is 0 Å². The standard InChI is InChI=1S/C25H33ClN2O2/c1-4-17-27-25(30)23(6-3)28(18-21-11-14-22(26)15-12-21)24(29)16-13-20-9-7-19(5-2)8-10-20/h7-12,14-15,23H,4-6,13,16-18H2,1-3H3,(H,27,30)/t23-/m1/s1. The molecule has 0 heterocycles. The number of hydrogen-bond acceptors (Lipinski definition) is 2. The maximum atomic E-state index is 13.2. The van der Waals surface area contributed by atoms with E-state index in [-0.39, 0.29) is 11.8 Å². The lowest BCUT2D eigenvalue weighted by molar-refractivity contribution is -0.141. The number of halogens is 1. The minimum absolute atomic E-state index is 0.0111. The Balaban J connectivity index is 2.15. The van der Waals surface area contributed by atoms with Gasteiger partial charge in [-0.1, -0.05) is 68.8 Å². The molecule has 0 aromatic heterocycles. The Hall–Kier alpha value is -2.33. The first-order chi connectivity index (χ1) is 14.5. The number of carbonyl (C=O) groups excluding carboxylic acids is 2. The minimum Gasteiger partial charge on any atom is -0.354 e. The molecule has 4 nitrogen and oxygen atoms in total. The SMILES string of the molecule is CCCNC(=O)[C@@H](CC)N(Cc1ccc(Cl)cc1)C(=O)CCc1ccc(CC)cc1. The lowest BCUT2D eigenvalue weighted by Gasteiger charge is -2.30. The summed E-state index contributed by atoms with van der Waals surface area (Å²) < 4.78 is 0. The molecule has 1 N–H and O–H groups in total. The molecular weight excluding hydrogens is 396 g/mol. The van der Waals surface area contributed by atoms with Crippen LogP contribution in [0.4, 0.5) is 0 Å². The zero-order valence-corrected chi connectivity index (χ0v) is 19.0. The second-order valence-corrected chi connectivity index (χ2v) is 7.97. The van der Waals surface area contributed by atoms with E-state index in [2.05, 4.69) is 36.5 Å². The second-order valence-electron chi connectivity index (χ2n) is 7.53. The molecule has 0 saturated heterocycles. The molecule has 5 heteroatoms. The summed E-state index contributed by atoms with van der Waals surface area (Å²) in [7, 11) is 0. The van der Waals surface area contributed by atoms with Crippen molar-refractivity contribution >= 4 is 23.4 Å². The van der Waals surface area contributed by atoms with E-state index in [1.165, 1.54) is 5.56 Å². The first-order valence-corrected chi connectivity index (χ1v) is 11.3. The van der Waals surface area contributed by atoms with Crippen molar-refractivity contribution in [3.8, 4) is 0 Å². The fraction of sp³-hybridized carbons (Fsp3) is 0.440. The molecule has 0 unspecified atom stereocenters. The Bertz CT molecular complexity index is 803. The molecule has 2 aromatic carbocycles. The van der Waals surface area contributed by atoms with Gasteiger partial charge in [-0.25, -0.2) is 0 Å². The topological polar surface area (TPSA) is 49.4 Å². The summed E-state index contributed by atoms with van der Waals surface area (Å²) in [5.74, 6) is -0.100. The maximum Gasteiger partial charge on any atom is 0.242 e. The van der Waals surface area contributed by atoms with Crippen LogP contribution in [0.3, 0.4) is 0 Å². The Morgan fingerprint density at radius 2 is 1.53 bits per heavy atom. The predicted octanol–water partition coefficient (Wildman–Crippen LogP) is 5.17. The average Bonchev–Trinajstić information content (AvgIpc) is 2.77. The first-order valence-electron chi connectivity index (χ1n) is 10.9. The molecule has 0 aliphatic carbocycles. The first kappa shape index (κ1) is 23.9. The van der Waals surface area contributed by atoms with Crippen LogP contribution in [-0.4, -0.2) is 29.3 Å². The molecule has 2 amide bonds. The summed E-state index contributed by atoms with van der Waals surface area (Å²) in [6.45, 7) is 7.09. The van der Waals surface area contributed by atoms with E-state index >= 15 is 0 Å². The van der Waals surface area contributed by atoms with Crippen LogP contribution in [0.25, 0.3) is 0 Å². The van der Waals surface area contributed by atoms with Crippen LogP contribution in [0.15, 0.2) is 48.5 Å². The van der Waals surface area contributed by atoms with Gasteiger partial charge in [-0.3, -0.25) is 9.59 Å². The fourth-order valence-electron chi connectivity index (χ4n) is 3.41. The van der Waals surface area contributed by atoms with E-state index in [4.69, 9.17) is 11.6 Å². The van der Waals surface area contributed by atoms with E-state index in [9.17, 15) is 9.59 Å². The van der Waals surface area contributed by atoms with Gasteiger partial charge < -0.3 is 10.2 Å². The summed E-state index contributed by atoms with van der Waals surface area (Å²) in [5.41, 5.74) is 3.38. The Morgan fingerprint density at radius 3 is 2.10 bits per heavy atom. The lowest BCUT2D eigenvalue weighted by Crippen LogP contribution is -2.49. The molecule has 0 saturated carbocycles. The van der Waals surface area contributed by atoms with E-state index < -0.39 is 6.04 Å².